The molecule has 1 atom stereocenters. The van der Waals surface area contributed by atoms with Crippen molar-refractivity contribution in [2.75, 3.05) is 31.5 Å². The van der Waals surface area contributed by atoms with Gasteiger partial charge < -0.3 is 9.42 Å². The zero-order valence-electron chi connectivity index (χ0n) is 13.0. The highest BCUT2D eigenvalue weighted by atomic mass is 16.5. The molecule has 1 N–H and O–H groups in total. The minimum atomic E-state index is -0.261. The summed E-state index contributed by atoms with van der Waals surface area (Å²) in [7, 11) is 0. The van der Waals surface area contributed by atoms with Crippen LogP contribution in [0.4, 0.5) is 5.88 Å². The van der Waals surface area contributed by atoms with Crippen LogP contribution in [0.15, 0.2) is 10.6 Å². The van der Waals surface area contributed by atoms with Crippen molar-refractivity contribution in [1.82, 2.24) is 15.0 Å². The average molecular weight is 306 g/mol. The van der Waals surface area contributed by atoms with Crippen molar-refractivity contribution in [1.29, 1.82) is 0 Å². The third-order valence-electron chi connectivity index (χ3n) is 4.35. The van der Waals surface area contributed by atoms with Crippen molar-refractivity contribution >= 4 is 17.7 Å². The fourth-order valence-corrected chi connectivity index (χ4v) is 2.73. The van der Waals surface area contributed by atoms with Gasteiger partial charge in [-0.3, -0.25) is 19.8 Å². The molecule has 1 aliphatic carbocycles. The second-order valence-corrected chi connectivity index (χ2v) is 6.13. The quantitative estimate of drug-likeness (QED) is 0.893. The summed E-state index contributed by atoms with van der Waals surface area (Å²) >= 11 is 0. The van der Waals surface area contributed by atoms with Crippen LogP contribution in [0.1, 0.15) is 25.5 Å². The van der Waals surface area contributed by atoms with E-state index in [1.54, 1.807) is 13.0 Å². The van der Waals surface area contributed by atoms with Crippen molar-refractivity contribution < 1.29 is 14.1 Å². The molecule has 3 rings (SSSR count). The summed E-state index contributed by atoms with van der Waals surface area (Å²) in [6, 6.07) is 1.43. The summed E-state index contributed by atoms with van der Waals surface area (Å²) in [5.41, 5.74) is 0.732. The fraction of sp³-hybridized carbons (Fsp3) is 0.667. The number of aromatic nitrogens is 1. The third-order valence-corrected chi connectivity index (χ3v) is 4.35. The Balaban J connectivity index is 1.49. The van der Waals surface area contributed by atoms with Crippen LogP contribution in [0.2, 0.25) is 0 Å². The molecule has 2 amide bonds. The van der Waals surface area contributed by atoms with Crippen molar-refractivity contribution in [3.63, 3.8) is 0 Å². The molecule has 7 nitrogen and oxygen atoms in total. The number of anilines is 1. The Kier molecular flexibility index (Phi) is 4.15. The molecule has 0 spiro atoms. The fourth-order valence-electron chi connectivity index (χ4n) is 2.73. The topological polar surface area (TPSA) is 78.7 Å². The molecule has 1 aromatic heterocycles. The lowest BCUT2D eigenvalue weighted by molar-refractivity contribution is -0.135. The first kappa shape index (κ1) is 15.0. The van der Waals surface area contributed by atoms with Crippen LogP contribution in [0.25, 0.3) is 0 Å². The van der Waals surface area contributed by atoms with Crippen LogP contribution in [0.3, 0.4) is 0 Å². The van der Waals surface area contributed by atoms with Gasteiger partial charge in [-0.05, 0) is 26.7 Å². The molecule has 2 fully saturated rings. The lowest BCUT2D eigenvalue weighted by Gasteiger charge is -2.37. The smallest absolute Gasteiger partial charge is 0.243 e. The third kappa shape index (κ3) is 3.30. The maximum atomic E-state index is 12.2. The Bertz CT molecular complexity index is 559. The first-order valence-electron chi connectivity index (χ1n) is 7.81. The summed E-state index contributed by atoms with van der Waals surface area (Å²) in [4.78, 5) is 28.3. The zero-order chi connectivity index (χ0) is 15.7. The molecule has 22 heavy (non-hydrogen) atoms. The SMILES string of the molecule is Cc1cc(NC(=O)[C@H](C)N2CCN(C(=O)C3CC3)CC2)on1. The van der Waals surface area contributed by atoms with Gasteiger partial charge in [-0.15, -0.1) is 0 Å². The van der Waals surface area contributed by atoms with Crippen molar-refractivity contribution in [2.24, 2.45) is 5.92 Å². The second-order valence-electron chi connectivity index (χ2n) is 6.13. The van der Waals surface area contributed by atoms with Gasteiger partial charge in [0.2, 0.25) is 17.7 Å². The number of nitrogens with zero attached hydrogens (tertiary/aromatic N) is 3. The van der Waals surface area contributed by atoms with E-state index in [9.17, 15) is 9.59 Å². The molecule has 120 valence electrons. The van der Waals surface area contributed by atoms with Crippen molar-refractivity contribution in [3.8, 4) is 0 Å². The van der Waals surface area contributed by atoms with E-state index in [-0.39, 0.29) is 23.8 Å². The first-order valence-corrected chi connectivity index (χ1v) is 7.81. The molecular weight excluding hydrogens is 284 g/mol. The van der Waals surface area contributed by atoms with E-state index in [4.69, 9.17) is 4.52 Å². The number of aryl methyl sites for hydroxylation is 1. The van der Waals surface area contributed by atoms with Gasteiger partial charge >= 0.3 is 0 Å². The van der Waals surface area contributed by atoms with Crippen LogP contribution < -0.4 is 5.32 Å². The lowest BCUT2D eigenvalue weighted by Crippen LogP contribution is -2.54. The van der Waals surface area contributed by atoms with E-state index in [1.807, 2.05) is 11.8 Å². The Hall–Kier alpha value is -1.89. The van der Waals surface area contributed by atoms with E-state index in [0.717, 1.165) is 31.6 Å². The number of hydrogen-bond acceptors (Lipinski definition) is 5. The Morgan fingerprint density at radius 1 is 1.32 bits per heavy atom. The van der Waals surface area contributed by atoms with E-state index in [0.29, 0.717) is 19.0 Å². The highest BCUT2D eigenvalue weighted by Gasteiger charge is 2.35. The van der Waals surface area contributed by atoms with E-state index in [1.165, 1.54) is 0 Å². The van der Waals surface area contributed by atoms with Crippen LogP contribution in [-0.4, -0.2) is 59.0 Å². The van der Waals surface area contributed by atoms with Gasteiger partial charge in [0.05, 0.1) is 11.7 Å². The van der Waals surface area contributed by atoms with Crippen LogP contribution in [0.5, 0.6) is 0 Å². The molecular formula is C15H22N4O3. The number of rotatable bonds is 4. The van der Waals surface area contributed by atoms with Crippen LogP contribution >= 0.6 is 0 Å². The van der Waals surface area contributed by atoms with E-state index < -0.39 is 0 Å². The number of nitrogens with one attached hydrogen (secondary N) is 1. The number of amides is 2. The molecule has 1 aromatic rings. The number of hydrogen-bond donors (Lipinski definition) is 1. The van der Waals surface area contributed by atoms with Gasteiger partial charge in [0.1, 0.15) is 0 Å². The Morgan fingerprint density at radius 3 is 2.55 bits per heavy atom. The summed E-state index contributed by atoms with van der Waals surface area (Å²) in [5, 5.41) is 6.48. The van der Waals surface area contributed by atoms with Crippen molar-refractivity contribution in [2.45, 2.75) is 32.7 Å². The highest BCUT2D eigenvalue weighted by Crippen LogP contribution is 2.31. The van der Waals surface area contributed by atoms with Gasteiger partial charge in [0.15, 0.2) is 0 Å². The maximum Gasteiger partial charge on any atom is 0.243 e. The molecule has 0 aromatic carbocycles. The minimum Gasteiger partial charge on any atom is -0.340 e. The summed E-state index contributed by atoms with van der Waals surface area (Å²) in [5.74, 6) is 0.811. The predicted octanol–water partition coefficient (Wildman–Crippen LogP) is 0.864. The van der Waals surface area contributed by atoms with Crippen LogP contribution in [0, 0.1) is 12.8 Å². The average Bonchev–Trinajstić information content (AvgIpc) is 3.29. The molecule has 2 aliphatic rings. The molecule has 0 bridgehead atoms. The van der Waals surface area contributed by atoms with Crippen LogP contribution in [-0.2, 0) is 9.59 Å². The number of carbonyl (C=O) groups excluding carboxylic acids is 2. The molecule has 2 heterocycles. The summed E-state index contributed by atoms with van der Waals surface area (Å²) in [6.07, 6.45) is 2.07. The molecule has 1 aliphatic heterocycles. The Morgan fingerprint density at radius 2 is 2.00 bits per heavy atom. The Labute approximate surface area is 129 Å². The largest absolute Gasteiger partial charge is 0.340 e. The summed E-state index contributed by atoms with van der Waals surface area (Å²) in [6.45, 7) is 6.53. The van der Waals surface area contributed by atoms with Gasteiger partial charge in [-0.2, -0.15) is 0 Å². The van der Waals surface area contributed by atoms with Crippen molar-refractivity contribution in [3.05, 3.63) is 11.8 Å². The summed E-state index contributed by atoms with van der Waals surface area (Å²) < 4.78 is 5.00. The lowest BCUT2D eigenvalue weighted by atomic mass is 10.2. The standard InChI is InChI=1S/C15H22N4O3/c1-10-9-13(22-17-10)16-14(20)11(2)18-5-7-19(8-6-18)15(21)12-3-4-12/h9,11-12H,3-8H2,1-2H3,(H,16,20)/t11-/m0/s1. The van der Waals surface area contributed by atoms with Gasteiger partial charge in [-0.1, -0.05) is 5.16 Å². The van der Waals surface area contributed by atoms with E-state index in [2.05, 4.69) is 15.4 Å². The minimum absolute atomic E-state index is 0.113. The zero-order valence-corrected chi connectivity index (χ0v) is 13.0. The monoisotopic (exact) mass is 306 g/mol. The molecule has 1 saturated carbocycles. The maximum absolute atomic E-state index is 12.2. The highest BCUT2D eigenvalue weighted by molar-refractivity contribution is 5.93. The van der Waals surface area contributed by atoms with E-state index >= 15 is 0 Å². The molecule has 0 unspecified atom stereocenters. The first-order chi connectivity index (χ1) is 10.5. The van der Waals surface area contributed by atoms with Gasteiger partial charge in [-0.25, -0.2) is 0 Å². The van der Waals surface area contributed by atoms with Gasteiger partial charge in [0.25, 0.3) is 0 Å². The normalized spacial score (nSPS) is 20.7. The molecule has 7 heteroatoms. The predicted molar refractivity (Wildman–Crippen MR) is 80.2 cm³/mol. The number of piperazine rings is 1. The second kappa shape index (κ2) is 6.08. The molecule has 1 saturated heterocycles. The number of carbonyl (C=O) groups is 2. The molecule has 0 radical (unpaired) electrons. The van der Waals surface area contributed by atoms with Gasteiger partial charge in [0, 0.05) is 38.2 Å².